The molecule has 8 rings (SSSR count). The molecule has 3 N–H and O–H groups in total. The van der Waals surface area contributed by atoms with E-state index in [1.807, 2.05) is 23.0 Å². The first-order chi connectivity index (χ1) is 22.1. The van der Waals surface area contributed by atoms with E-state index in [-0.39, 0.29) is 42.3 Å². The van der Waals surface area contributed by atoms with E-state index < -0.39 is 23.2 Å². The number of hydrogen-bond acceptors (Lipinski definition) is 7. The number of nitrogens with zero attached hydrogens (tertiary/aromatic N) is 5. The van der Waals surface area contributed by atoms with Gasteiger partial charge in [-0.2, -0.15) is 10.2 Å². The lowest BCUT2D eigenvalue weighted by Gasteiger charge is -2.43. The van der Waals surface area contributed by atoms with Gasteiger partial charge in [-0.3, -0.25) is 34.4 Å². The number of likely N-dealkylation sites (tertiary alicyclic amines) is 1. The maximum Gasteiger partial charge on any atom is 0.276 e. The number of H-pyrrole nitrogens is 1. The van der Waals surface area contributed by atoms with Gasteiger partial charge in [-0.25, -0.2) is 8.78 Å². The minimum absolute atomic E-state index is 0.161. The molecule has 5 aliphatic rings. The molecule has 46 heavy (non-hydrogen) atoms. The number of carbonyl (C=O) groups is 3. The summed E-state index contributed by atoms with van der Waals surface area (Å²) < 4.78 is 30.4. The van der Waals surface area contributed by atoms with E-state index in [2.05, 4.69) is 47.9 Å². The van der Waals surface area contributed by atoms with E-state index >= 15 is 0 Å². The number of hydrogen-bond donors (Lipinski definition) is 3. The number of fused-ring (bicyclic) bond motifs is 2. The molecule has 13 heteroatoms. The predicted molar refractivity (Wildman–Crippen MR) is 165 cm³/mol. The van der Waals surface area contributed by atoms with Crippen LogP contribution in [0.2, 0.25) is 0 Å². The molecule has 5 heterocycles. The summed E-state index contributed by atoms with van der Waals surface area (Å²) in [5.74, 6) is -3.87. The summed E-state index contributed by atoms with van der Waals surface area (Å²) in [6, 6.07) is 8.45. The summed E-state index contributed by atoms with van der Waals surface area (Å²) in [6.07, 6.45) is 6.99. The van der Waals surface area contributed by atoms with Crippen molar-refractivity contribution in [3.05, 3.63) is 59.2 Å². The molecule has 1 saturated carbocycles. The number of aromatic amines is 1. The zero-order valence-corrected chi connectivity index (χ0v) is 25.8. The molecule has 0 spiro atoms. The van der Waals surface area contributed by atoms with E-state index in [1.54, 1.807) is 13.1 Å². The van der Waals surface area contributed by atoms with Crippen LogP contribution >= 0.6 is 0 Å². The van der Waals surface area contributed by atoms with E-state index in [1.165, 1.54) is 5.69 Å². The van der Waals surface area contributed by atoms with Gasteiger partial charge in [0, 0.05) is 80.0 Å². The van der Waals surface area contributed by atoms with Crippen LogP contribution in [0.5, 0.6) is 0 Å². The Bertz CT molecular complexity index is 1690. The van der Waals surface area contributed by atoms with Gasteiger partial charge in [0.15, 0.2) is 5.69 Å². The zero-order chi connectivity index (χ0) is 31.8. The van der Waals surface area contributed by atoms with Gasteiger partial charge in [0.1, 0.15) is 0 Å². The molecular weight excluding hydrogens is 594 g/mol. The second kappa shape index (κ2) is 10.7. The van der Waals surface area contributed by atoms with Crippen molar-refractivity contribution in [1.82, 2.24) is 30.2 Å². The predicted octanol–water partition coefficient (Wildman–Crippen LogP) is 3.52. The van der Waals surface area contributed by atoms with Crippen LogP contribution < -0.4 is 15.5 Å². The number of amides is 3. The molecule has 2 unspecified atom stereocenters. The highest BCUT2D eigenvalue weighted by molar-refractivity contribution is 6.04. The number of nitrogens with one attached hydrogen (secondary N) is 3. The zero-order valence-electron chi connectivity index (χ0n) is 25.8. The van der Waals surface area contributed by atoms with E-state index in [0.717, 1.165) is 51.1 Å². The molecule has 4 fully saturated rings. The Labute approximate surface area is 265 Å². The molecule has 2 aliphatic carbocycles. The molecule has 3 aromatic rings. The highest BCUT2D eigenvalue weighted by Crippen LogP contribution is 2.70. The van der Waals surface area contributed by atoms with Gasteiger partial charge in [-0.15, -0.1) is 0 Å². The van der Waals surface area contributed by atoms with Crippen molar-refractivity contribution < 1.29 is 23.2 Å². The second-order valence-corrected chi connectivity index (χ2v) is 14.1. The van der Waals surface area contributed by atoms with Crippen LogP contribution in [0.4, 0.5) is 20.2 Å². The number of halogens is 2. The Morgan fingerprint density at radius 3 is 2.61 bits per heavy atom. The number of rotatable bonds is 7. The van der Waals surface area contributed by atoms with Crippen LogP contribution in [-0.2, 0) is 22.4 Å². The quantitative estimate of drug-likeness (QED) is 0.340. The van der Waals surface area contributed by atoms with Crippen LogP contribution in [-0.4, -0.2) is 81.2 Å². The Kier molecular flexibility index (Phi) is 6.82. The molecule has 0 bridgehead atoms. The first kappa shape index (κ1) is 29.3. The average molecular weight is 633 g/mol. The summed E-state index contributed by atoms with van der Waals surface area (Å²) in [7, 11) is 0. The van der Waals surface area contributed by atoms with Crippen molar-refractivity contribution in [1.29, 1.82) is 0 Å². The number of piperidine rings is 2. The fourth-order valence-electron chi connectivity index (χ4n) is 8.11. The number of carbonyl (C=O) groups excluding carboxylic acids is 3. The molecule has 0 radical (unpaired) electrons. The Morgan fingerprint density at radius 1 is 1.11 bits per heavy atom. The van der Waals surface area contributed by atoms with Crippen LogP contribution in [0.3, 0.4) is 0 Å². The summed E-state index contributed by atoms with van der Waals surface area (Å²) in [6.45, 7) is 6.44. The highest BCUT2D eigenvalue weighted by Gasteiger charge is 2.78. The standard InChI is InChI=1S/C33H38F2N8O3/c1-32-13-26-25(12-27(32)33(32,34)35)29(40-39-26)31(46)37-21-14-36-43(16-21)23-17-41(18-23)15-19-8-10-42(11-9-19)22-4-2-20(3-5-22)24-6-7-28(44)38-30(24)45/h2-5,14,16,19,23-24,27H,6-13,15,17-18H2,1H3,(H,37,46)(H,39,40)(H,38,44,45)/t24?,27?,32-/m1/s1. The molecule has 3 aliphatic heterocycles. The first-order valence-corrected chi connectivity index (χ1v) is 16.3. The number of imide groups is 1. The van der Waals surface area contributed by atoms with Crippen LogP contribution in [0.25, 0.3) is 0 Å². The third-order valence-corrected chi connectivity index (χ3v) is 11.2. The summed E-state index contributed by atoms with van der Waals surface area (Å²) in [5.41, 5.74) is 3.09. The Hall–Kier alpha value is -4.13. The van der Waals surface area contributed by atoms with Gasteiger partial charge < -0.3 is 10.2 Å². The van der Waals surface area contributed by atoms with Gasteiger partial charge in [-0.05, 0) is 49.3 Å². The maximum atomic E-state index is 14.3. The van der Waals surface area contributed by atoms with E-state index in [0.29, 0.717) is 35.7 Å². The SMILES string of the molecule is C[C@@]12Cc3[nH]nc(C(=O)Nc4cnn(C5CN(CC6CCN(c7ccc(C8CCC(=O)NC8=O)cc7)CC6)C5)c4)c3CC1C2(F)F. The number of anilines is 2. The van der Waals surface area contributed by atoms with Crippen molar-refractivity contribution in [2.24, 2.45) is 17.3 Å². The van der Waals surface area contributed by atoms with E-state index in [4.69, 9.17) is 0 Å². The number of alkyl halides is 2. The molecule has 3 saturated heterocycles. The lowest BCUT2D eigenvalue weighted by Crippen LogP contribution is -2.50. The van der Waals surface area contributed by atoms with Crippen molar-refractivity contribution in [3.8, 4) is 0 Å². The van der Waals surface area contributed by atoms with Gasteiger partial charge in [0.05, 0.1) is 23.8 Å². The van der Waals surface area contributed by atoms with Gasteiger partial charge in [0.25, 0.3) is 11.8 Å². The largest absolute Gasteiger partial charge is 0.372 e. The highest BCUT2D eigenvalue weighted by atomic mass is 19.3. The molecule has 3 amide bonds. The van der Waals surface area contributed by atoms with E-state index in [9.17, 15) is 23.2 Å². The van der Waals surface area contributed by atoms with Crippen LogP contribution in [0.1, 0.15) is 71.9 Å². The molecule has 1 aromatic carbocycles. The van der Waals surface area contributed by atoms with Crippen molar-refractivity contribution in [2.45, 2.75) is 63.3 Å². The van der Waals surface area contributed by atoms with Crippen LogP contribution in [0, 0.1) is 17.3 Å². The topological polar surface area (TPSA) is 128 Å². The number of aromatic nitrogens is 4. The fourth-order valence-corrected chi connectivity index (χ4v) is 8.11. The average Bonchev–Trinajstić information content (AvgIpc) is 3.43. The second-order valence-electron chi connectivity index (χ2n) is 14.1. The van der Waals surface area contributed by atoms with Gasteiger partial charge in [-0.1, -0.05) is 19.1 Å². The minimum atomic E-state index is -2.70. The third kappa shape index (κ3) is 4.90. The smallest absolute Gasteiger partial charge is 0.276 e. The first-order valence-electron chi connectivity index (χ1n) is 16.3. The summed E-state index contributed by atoms with van der Waals surface area (Å²) in [4.78, 5) is 41.5. The fraction of sp³-hybridized carbons (Fsp3) is 0.545. The van der Waals surface area contributed by atoms with Crippen molar-refractivity contribution in [3.63, 3.8) is 0 Å². The van der Waals surface area contributed by atoms with Gasteiger partial charge >= 0.3 is 0 Å². The Morgan fingerprint density at radius 2 is 1.87 bits per heavy atom. The minimum Gasteiger partial charge on any atom is -0.372 e. The maximum absolute atomic E-state index is 14.3. The van der Waals surface area contributed by atoms with Crippen LogP contribution in [0.15, 0.2) is 36.7 Å². The molecule has 242 valence electrons. The van der Waals surface area contributed by atoms with Gasteiger partial charge in [0.2, 0.25) is 11.8 Å². The molecule has 2 aromatic heterocycles. The summed E-state index contributed by atoms with van der Waals surface area (Å²) >= 11 is 0. The third-order valence-electron chi connectivity index (χ3n) is 11.2. The normalized spacial score (nSPS) is 27.8. The molecule has 3 atom stereocenters. The molecular formula is C33H38F2N8O3. The monoisotopic (exact) mass is 632 g/mol. The van der Waals surface area contributed by atoms with Crippen molar-refractivity contribution >= 4 is 29.1 Å². The molecule has 11 nitrogen and oxygen atoms in total. The summed E-state index contributed by atoms with van der Waals surface area (Å²) in [5, 5.41) is 16.8. The van der Waals surface area contributed by atoms with Crippen molar-refractivity contribution in [2.75, 3.05) is 42.9 Å². The Balaban J connectivity index is 0.787. The lowest BCUT2D eigenvalue weighted by molar-refractivity contribution is -0.134. The number of benzene rings is 1. The lowest BCUT2D eigenvalue weighted by atomic mass is 9.87.